The van der Waals surface area contributed by atoms with Crippen LogP contribution >= 0.6 is 46.4 Å². The molecule has 4 nitrogen and oxygen atoms in total. The van der Waals surface area contributed by atoms with E-state index < -0.39 is 12.0 Å². The molecule has 1 atom stereocenters. The van der Waals surface area contributed by atoms with E-state index in [1.165, 1.54) is 6.07 Å². The highest BCUT2D eigenvalue weighted by atomic mass is 35.5. The van der Waals surface area contributed by atoms with Gasteiger partial charge in [0.25, 0.3) is 5.91 Å². The second-order valence-corrected chi connectivity index (χ2v) is 6.80. The Kier molecular flexibility index (Phi) is 6.96. The summed E-state index contributed by atoms with van der Waals surface area (Å²) in [5, 5.41) is 5.71. The average Bonchev–Trinajstić information content (AvgIpc) is 2.57. The van der Waals surface area contributed by atoms with Crippen LogP contribution in [-0.2, 0) is 4.79 Å². The number of carbonyl (C=O) groups is 1. The van der Waals surface area contributed by atoms with E-state index in [0.717, 1.165) is 5.56 Å². The standard InChI is InChI=1S/C17H14Cl4N2O2/c1-9(11-3-5-13(19)14(20)7-11)22-23-17(24)10(2)25-16-6-4-12(18)8-15(16)21/h3-8,10H,1-2H3,(H,23,24). The SMILES string of the molecule is CC(=NNC(=O)C(C)Oc1ccc(Cl)cc1Cl)c1ccc(Cl)c(Cl)c1. The first-order chi connectivity index (χ1) is 11.8. The maximum atomic E-state index is 12.1. The van der Waals surface area contributed by atoms with E-state index in [9.17, 15) is 4.79 Å². The van der Waals surface area contributed by atoms with Gasteiger partial charge in [-0.15, -0.1) is 0 Å². The molecule has 132 valence electrons. The first-order valence-corrected chi connectivity index (χ1v) is 8.70. The number of carbonyl (C=O) groups excluding carboxylic acids is 1. The Labute approximate surface area is 165 Å². The number of nitrogens with zero attached hydrogens (tertiary/aromatic N) is 1. The molecule has 1 amide bonds. The number of hydrazone groups is 1. The second-order valence-electron chi connectivity index (χ2n) is 5.14. The number of nitrogens with one attached hydrogen (secondary N) is 1. The minimum absolute atomic E-state index is 0.322. The molecule has 0 fully saturated rings. The highest BCUT2D eigenvalue weighted by molar-refractivity contribution is 6.42. The summed E-state index contributed by atoms with van der Waals surface area (Å²) in [5.74, 6) is -0.0654. The summed E-state index contributed by atoms with van der Waals surface area (Å²) in [7, 11) is 0. The lowest BCUT2D eigenvalue weighted by molar-refractivity contribution is -0.127. The van der Waals surface area contributed by atoms with Crippen LogP contribution in [0.15, 0.2) is 41.5 Å². The molecule has 1 N–H and O–H groups in total. The third-order valence-corrected chi connectivity index (χ3v) is 4.51. The fraction of sp³-hybridized carbons (Fsp3) is 0.176. The zero-order valence-corrected chi connectivity index (χ0v) is 16.3. The topological polar surface area (TPSA) is 50.7 Å². The predicted octanol–water partition coefficient (Wildman–Crippen LogP) is 5.61. The number of halogens is 4. The molecule has 0 bridgehead atoms. The van der Waals surface area contributed by atoms with Gasteiger partial charge >= 0.3 is 0 Å². The first kappa shape index (κ1) is 19.9. The van der Waals surface area contributed by atoms with Crippen molar-refractivity contribution in [2.75, 3.05) is 0 Å². The van der Waals surface area contributed by atoms with Crippen molar-refractivity contribution in [1.29, 1.82) is 0 Å². The third kappa shape index (κ3) is 5.51. The summed E-state index contributed by atoms with van der Waals surface area (Å²) in [6.07, 6.45) is -0.802. The number of ether oxygens (including phenoxy) is 1. The lowest BCUT2D eigenvalue weighted by atomic mass is 10.1. The number of benzene rings is 2. The van der Waals surface area contributed by atoms with Gasteiger partial charge in [0.1, 0.15) is 5.75 Å². The molecule has 2 aromatic carbocycles. The van der Waals surface area contributed by atoms with Gasteiger partial charge in [-0.1, -0.05) is 52.5 Å². The highest BCUT2D eigenvalue weighted by Gasteiger charge is 2.16. The molecule has 0 heterocycles. The molecular weight excluding hydrogens is 406 g/mol. The van der Waals surface area contributed by atoms with Crippen LogP contribution in [0.2, 0.25) is 20.1 Å². The molecule has 0 aliphatic heterocycles. The van der Waals surface area contributed by atoms with E-state index in [-0.39, 0.29) is 0 Å². The van der Waals surface area contributed by atoms with Crippen LogP contribution in [0.4, 0.5) is 0 Å². The normalized spacial score (nSPS) is 12.6. The zero-order valence-electron chi connectivity index (χ0n) is 13.3. The van der Waals surface area contributed by atoms with Gasteiger partial charge in [-0.05, 0) is 49.7 Å². The van der Waals surface area contributed by atoms with Gasteiger partial charge in [0.05, 0.1) is 20.8 Å². The van der Waals surface area contributed by atoms with E-state index in [4.69, 9.17) is 51.1 Å². The molecule has 0 aliphatic carbocycles. The van der Waals surface area contributed by atoms with Gasteiger partial charge < -0.3 is 4.74 Å². The molecule has 2 rings (SSSR count). The van der Waals surface area contributed by atoms with Crippen molar-refractivity contribution in [2.24, 2.45) is 5.10 Å². The Balaban J connectivity index is 2.01. The molecule has 0 saturated carbocycles. The van der Waals surface area contributed by atoms with E-state index in [2.05, 4.69) is 10.5 Å². The molecule has 2 aromatic rings. The van der Waals surface area contributed by atoms with Crippen molar-refractivity contribution in [1.82, 2.24) is 5.43 Å². The zero-order chi connectivity index (χ0) is 18.6. The summed E-state index contributed by atoms with van der Waals surface area (Å²) in [6.45, 7) is 3.33. The fourth-order valence-corrected chi connectivity index (χ4v) is 2.58. The molecule has 0 aromatic heterocycles. The van der Waals surface area contributed by atoms with Gasteiger partial charge in [0.15, 0.2) is 6.10 Å². The fourth-order valence-electron chi connectivity index (χ4n) is 1.83. The first-order valence-electron chi connectivity index (χ1n) is 7.19. The smallest absolute Gasteiger partial charge is 0.280 e. The maximum Gasteiger partial charge on any atom is 0.280 e. The van der Waals surface area contributed by atoms with Crippen LogP contribution in [-0.4, -0.2) is 17.7 Å². The van der Waals surface area contributed by atoms with Crippen LogP contribution < -0.4 is 10.2 Å². The Bertz CT molecular complexity index is 824. The molecular formula is C17H14Cl4N2O2. The molecule has 0 saturated heterocycles. The maximum absolute atomic E-state index is 12.1. The molecule has 0 aliphatic rings. The minimum Gasteiger partial charge on any atom is -0.479 e. The summed E-state index contributed by atoms with van der Waals surface area (Å²) < 4.78 is 5.52. The van der Waals surface area contributed by atoms with Gasteiger partial charge in [-0.25, -0.2) is 5.43 Å². The monoisotopic (exact) mass is 418 g/mol. The molecule has 0 radical (unpaired) electrons. The van der Waals surface area contributed by atoms with Crippen molar-refractivity contribution >= 4 is 58.0 Å². The number of hydrogen-bond acceptors (Lipinski definition) is 3. The summed E-state index contributed by atoms with van der Waals surface area (Å²) in [5.41, 5.74) is 3.76. The predicted molar refractivity (Wildman–Crippen MR) is 103 cm³/mol. The lowest BCUT2D eigenvalue weighted by Gasteiger charge is -2.14. The van der Waals surface area contributed by atoms with E-state index in [1.807, 2.05) is 0 Å². The number of rotatable bonds is 5. The Morgan fingerprint density at radius 3 is 2.40 bits per heavy atom. The summed E-state index contributed by atoms with van der Waals surface area (Å²) >= 11 is 23.7. The second kappa shape index (κ2) is 8.77. The molecule has 8 heteroatoms. The van der Waals surface area contributed by atoms with Crippen molar-refractivity contribution in [3.8, 4) is 5.75 Å². The van der Waals surface area contributed by atoms with Crippen molar-refractivity contribution < 1.29 is 9.53 Å². The van der Waals surface area contributed by atoms with Gasteiger partial charge in [-0.3, -0.25) is 4.79 Å². The van der Waals surface area contributed by atoms with E-state index >= 15 is 0 Å². The van der Waals surface area contributed by atoms with E-state index in [1.54, 1.807) is 44.2 Å². The number of amides is 1. The van der Waals surface area contributed by atoms with E-state index in [0.29, 0.717) is 31.6 Å². The summed E-state index contributed by atoms with van der Waals surface area (Å²) in [6, 6.07) is 9.84. The largest absolute Gasteiger partial charge is 0.479 e. The van der Waals surface area contributed by atoms with Crippen LogP contribution in [0, 0.1) is 0 Å². The highest BCUT2D eigenvalue weighted by Crippen LogP contribution is 2.28. The average molecular weight is 420 g/mol. The van der Waals surface area contributed by atoms with Gasteiger partial charge in [-0.2, -0.15) is 5.10 Å². The molecule has 0 spiro atoms. The van der Waals surface area contributed by atoms with Crippen LogP contribution in [0.25, 0.3) is 0 Å². The lowest BCUT2D eigenvalue weighted by Crippen LogP contribution is -2.34. The molecule has 1 unspecified atom stereocenters. The quantitative estimate of drug-likeness (QED) is 0.505. The summed E-state index contributed by atoms with van der Waals surface area (Å²) in [4.78, 5) is 12.1. The van der Waals surface area contributed by atoms with Gasteiger partial charge in [0.2, 0.25) is 0 Å². The van der Waals surface area contributed by atoms with Crippen molar-refractivity contribution in [3.63, 3.8) is 0 Å². The van der Waals surface area contributed by atoms with Crippen LogP contribution in [0.1, 0.15) is 19.4 Å². The van der Waals surface area contributed by atoms with Gasteiger partial charge in [0, 0.05) is 5.02 Å². The Morgan fingerprint density at radius 2 is 1.76 bits per heavy atom. The third-order valence-electron chi connectivity index (χ3n) is 3.24. The van der Waals surface area contributed by atoms with Crippen molar-refractivity contribution in [2.45, 2.75) is 20.0 Å². The Hall–Kier alpha value is -1.46. The minimum atomic E-state index is -0.802. The number of hydrogen-bond donors (Lipinski definition) is 1. The molecule has 25 heavy (non-hydrogen) atoms. The Morgan fingerprint density at radius 1 is 1.04 bits per heavy atom. The van der Waals surface area contributed by atoms with Crippen molar-refractivity contribution in [3.05, 3.63) is 62.1 Å². The van der Waals surface area contributed by atoms with Crippen LogP contribution in [0.3, 0.4) is 0 Å². The van der Waals surface area contributed by atoms with Crippen LogP contribution in [0.5, 0.6) is 5.75 Å².